The molecule has 1 aliphatic carbocycles. The third-order valence-electron chi connectivity index (χ3n) is 4.33. The fourth-order valence-electron chi connectivity index (χ4n) is 2.69. The van der Waals surface area contributed by atoms with E-state index in [2.05, 4.69) is 5.32 Å². The molecule has 0 spiro atoms. The molecule has 0 saturated carbocycles. The third-order valence-corrected chi connectivity index (χ3v) is 4.33. The predicted molar refractivity (Wildman–Crippen MR) is 90.6 cm³/mol. The van der Waals surface area contributed by atoms with Crippen LogP contribution in [0, 0.1) is 11.8 Å². The maximum absolute atomic E-state index is 12.6. The molecule has 0 bridgehead atoms. The second-order valence-electron chi connectivity index (χ2n) is 6.17. The van der Waals surface area contributed by atoms with E-state index in [1.54, 1.807) is 6.07 Å². The Morgan fingerprint density at radius 2 is 1.92 bits per heavy atom. The van der Waals surface area contributed by atoms with Crippen molar-refractivity contribution in [3.63, 3.8) is 0 Å². The lowest BCUT2D eigenvalue weighted by atomic mass is 9.82. The molecular formula is C19H22NO5-. The molecule has 0 unspecified atom stereocenters. The topological polar surface area (TPSA) is 95.5 Å². The second kappa shape index (κ2) is 8.46. The van der Waals surface area contributed by atoms with Crippen molar-refractivity contribution in [1.29, 1.82) is 0 Å². The van der Waals surface area contributed by atoms with Gasteiger partial charge >= 0.3 is 5.97 Å². The number of rotatable bonds is 6. The van der Waals surface area contributed by atoms with E-state index in [4.69, 9.17) is 4.74 Å². The first-order chi connectivity index (χ1) is 11.9. The quantitative estimate of drug-likeness (QED) is 0.628. The fourth-order valence-corrected chi connectivity index (χ4v) is 2.69. The number of hydrogen-bond acceptors (Lipinski definition) is 5. The highest BCUT2D eigenvalue weighted by Gasteiger charge is 2.35. The van der Waals surface area contributed by atoms with Gasteiger partial charge in [-0.05, 0) is 43.9 Å². The summed E-state index contributed by atoms with van der Waals surface area (Å²) in [6, 6.07) is 5.84. The lowest BCUT2D eigenvalue weighted by Crippen LogP contribution is -2.36. The molecule has 0 radical (unpaired) electrons. The zero-order valence-corrected chi connectivity index (χ0v) is 14.4. The van der Waals surface area contributed by atoms with Crippen LogP contribution in [0.25, 0.3) is 0 Å². The van der Waals surface area contributed by atoms with Gasteiger partial charge in [-0.1, -0.05) is 31.2 Å². The Balaban J connectivity index is 2.10. The third kappa shape index (κ3) is 4.92. The lowest BCUT2D eigenvalue weighted by molar-refractivity contribution is -0.255. The van der Waals surface area contributed by atoms with Gasteiger partial charge in [0.1, 0.15) is 0 Å². The molecule has 6 heteroatoms. The van der Waals surface area contributed by atoms with E-state index >= 15 is 0 Å². The largest absolute Gasteiger partial charge is 0.545 e. The van der Waals surface area contributed by atoms with Crippen molar-refractivity contribution in [3.8, 4) is 0 Å². The Bertz CT molecular complexity index is 682. The lowest BCUT2D eigenvalue weighted by Gasteiger charge is -2.27. The average molecular weight is 344 g/mol. The number of anilines is 1. The number of aromatic carboxylic acids is 1. The Morgan fingerprint density at radius 3 is 2.56 bits per heavy atom. The van der Waals surface area contributed by atoms with Crippen LogP contribution in [0.5, 0.6) is 0 Å². The zero-order valence-electron chi connectivity index (χ0n) is 14.4. The van der Waals surface area contributed by atoms with Gasteiger partial charge in [-0.15, -0.1) is 0 Å². The van der Waals surface area contributed by atoms with Crippen LogP contribution in [-0.2, 0) is 14.3 Å². The van der Waals surface area contributed by atoms with Crippen molar-refractivity contribution in [2.45, 2.75) is 39.2 Å². The highest BCUT2D eigenvalue weighted by Crippen LogP contribution is 2.29. The Kier molecular flexibility index (Phi) is 6.33. The summed E-state index contributed by atoms with van der Waals surface area (Å²) in [4.78, 5) is 35.9. The van der Waals surface area contributed by atoms with Gasteiger partial charge in [-0.2, -0.15) is 0 Å². The molecule has 0 heterocycles. The minimum absolute atomic E-state index is 0.0194. The number of esters is 1. The van der Waals surface area contributed by atoms with Crippen LogP contribution in [0.2, 0.25) is 0 Å². The summed E-state index contributed by atoms with van der Waals surface area (Å²) in [7, 11) is 0. The van der Waals surface area contributed by atoms with Crippen molar-refractivity contribution in [3.05, 3.63) is 42.0 Å². The molecule has 2 rings (SSSR count). The van der Waals surface area contributed by atoms with Gasteiger partial charge in [0, 0.05) is 5.69 Å². The minimum Gasteiger partial charge on any atom is -0.545 e. The van der Waals surface area contributed by atoms with Crippen LogP contribution in [0.4, 0.5) is 5.69 Å². The maximum Gasteiger partial charge on any atom is 0.310 e. The first-order valence-electron chi connectivity index (χ1n) is 8.40. The van der Waals surface area contributed by atoms with Gasteiger partial charge in [0.05, 0.1) is 23.9 Å². The number of amides is 1. The highest BCUT2D eigenvalue weighted by molar-refractivity contribution is 5.97. The molecule has 1 aliphatic rings. The molecule has 0 aliphatic heterocycles. The van der Waals surface area contributed by atoms with E-state index < -0.39 is 17.8 Å². The molecule has 6 nitrogen and oxygen atoms in total. The van der Waals surface area contributed by atoms with Crippen LogP contribution in [0.15, 0.2) is 36.4 Å². The number of benzene rings is 1. The maximum atomic E-state index is 12.6. The van der Waals surface area contributed by atoms with E-state index in [0.717, 1.165) is 0 Å². The monoisotopic (exact) mass is 344 g/mol. The van der Waals surface area contributed by atoms with Crippen molar-refractivity contribution < 1.29 is 24.2 Å². The molecule has 134 valence electrons. The number of carbonyl (C=O) groups is 3. The van der Waals surface area contributed by atoms with Crippen LogP contribution in [0.3, 0.4) is 0 Å². The first kappa shape index (κ1) is 18.7. The van der Waals surface area contributed by atoms with E-state index in [9.17, 15) is 19.5 Å². The van der Waals surface area contributed by atoms with Crippen LogP contribution in [0.1, 0.15) is 43.5 Å². The van der Waals surface area contributed by atoms with Gasteiger partial charge in [-0.3, -0.25) is 9.59 Å². The zero-order chi connectivity index (χ0) is 18.4. The smallest absolute Gasteiger partial charge is 0.310 e. The van der Waals surface area contributed by atoms with Crippen molar-refractivity contribution in [1.82, 2.24) is 0 Å². The molecule has 0 saturated heterocycles. The van der Waals surface area contributed by atoms with Crippen LogP contribution < -0.4 is 10.4 Å². The summed E-state index contributed by atoms with van der Waals surface area (Å²) in [5.41, 5.74) is 0.337. The van der Waals surface area contributed by atoms with E-state index in [0.29, 0.717) is 24.9 Å². The van der Waals surface area contributed by atoms with Gasteiger partial charge in [0.2, 0.25) is 5.91 Å². The normalized spacial score (nSPS) is 20.6. The van der Waals surface area contributed by atoms with Gasteiger partial charge in [0.15, 0.2) is 0 Å². The molecule has 1 N–H and O–H groups in total. The van der Waals surface area contributed by atoms with Gasteiger partial charge in [0.25, 0.3) is 0 Å². The molecule has 1 aromatic rings. The average Bonchev–Trinajstić information content (AvgIpc) is 2.61. The van der Waals surface area contributed by atoms with E-state index in [-0.39, 0.29) is 23.5 Å². The molecule has 1 amide bonds. The number of ether oxygens (including phenoxy) is 1. The standard InChI is InChI=1S/C19H23NO5/c1-3-12(2)25-19(24)16-10-5-4-9-15(16)17(21)20-14-8-6-7-13(11-14)18(22)23/h4-8,11-12,15-16H,3,9-10H2,1-2H3,(H,20,21)(H,22,23)/p-1/t12-,15+,16+/m1/s1. The Labute approximate surface area is 146 Å². The number of nitrogens with one attached hydrogen (secondary N) is 1. The summed E-state index contributed by atoms with van der Waals surface area (Å²) in [5, 5.41) is 13.6. The van der Waals surface area contributed by atoms with E-state index in [1.807, 2.05) is 26.0 Å². The minimum atomic E-state index is -1.31. The molecule has 25 heavy (non-hydrogen) atoms. The number of hydrogen-bond donors (Lipinski definition) is 1. The highest BCUT2D eigenvalue weighted by atomic mass is 16.5. The van der Waals surface area contributed by atoms with Crippen LogP contribution in [-0.4, -0.2) is 23.9 Å². The van der Waals surface area contributed by atoms with Crippen molar-refractivity contribution in [2.75, 3.05) is 5.32 Å². The SMILES string of the molecule is CC[C@@H](C)OC(=O)[C@H]1CC=CC[C@@H]1C(=O)Nc1cccc(C(=O)[O-])c1. The fraction of sp³-hybridized carbons (Fsp3) is 0.421. The van der Waals surface area contributed by atoms with Crippen molar-refractivity contribution >= 4 is 23.5 Å². The molecular weight excluding hydrogens is 322 g/mol. The summed E-state index contributed by atoms with van der Waals surface area (Å²) in [6.07, 6.45) is 5.15. The predicted octanol–water partition coefficient (Wildman–Crippen LogP) is 1.91. The Morgan fingerprint density at radius 1 is 1.24 bits per heavy atom. The summed E-state index contributed by atoms with van der Waals surface area (Å²) < 4.78 is 5.38. The van der Waals surface area contributed by atoms with Crippen LogP contribution >= 0.6 is 0 Å². The number of allylic oxidation sites excluding steroid dienone is 2. The summed E-state index contributed by atoms with van der Waals surface area (Å²) in [6.45, 7) is 3.74. The van der Waals surface area contributed by atoms with E-state index in [1.165, 1.54) is 18.2 Å². The number of carboxylic acid groups (broad SMARTS) is 1. The molecule has 1 aromatic carbocycles. The first-order valence-corrected chi connectivity index (χ1v) is 8.40. The summed E-state index contributed by atoms with van der Waals surface area (Å²) in [5.74, 6) is -3.10. The number of carbonyl (C=O) groups excluding carboxylic acids is 3. The van der Waals surface area contributed by atoms with Crippen molar-refractivity contribution in [2.24, 2.45) is 11.8 Å². The number of carboxylic acids is 1. The van der Waals surface area contributed by atoms with Gasteiger partial charge < -0.3 is 20.0 Å². The molecule has 3 atom stereocenters. The molecule has 0 aromatic heterocycles. The molecule has 0 fully saturated rings. The second-order valence-corrected chi connectivity index (χ2v) is 6.17. The summed E-state index contributed by atoms with van der Waals surface area (Å²) >= 11 is 0. The van der Waals surface area contributed by atoms with Gasteiger partial charge in [-0.25, -0.2) is 0 Å². The Hall–Kier alpha value is -2.63.